The van der Waals surface area contributed by atoms with E-state index in [1.807, 2.05) is 12.1 Å². The van der Waals surface area contributed by atoms with E-state index in [1.165, 1.54) is 0 Å². The second kappa shape index (κ2) is 11.2. The smallest absolute Gasteiger partial charge is 0.224 e. The highest BCUT2D eigenvalue weighted by Crippen LogP contribution is 2.23. The molecule has 2 fully saturated rings. The van der Waals surface area contributed by atoms with E-state index >= 15 is 0 Å². The van der Waals surface area contributed by atoms with E-state index in [0.717, 1.165) is 31.2 Å². The fourth-order valence-electron chi connectivity index (χ4n) is 3.89. The monoisotopic (exact) mass is 405 g/mol. The lowest BCUT2D eigenvalue weighted by molar-refractivity contribution is -0.135. The first-order valence-corrected chi connectivity index (χ1v) is 10.5. The van der Waals surface area contributed by atoms with Gasteiger partial charge in [0.2, 0.25) is 11.8 Å². The van der Waals surface area contributed by atoms with Crippen LogP contribution in [0.25, 0.3) is 0 Å². The van der Waals surface area contributed by atoms with Gasteiger partial charge in [-0.15, -0.1) is 0 Å². The Balaban J connectivity index is 1.37. The Morgan fingerprint density at radius 1 is 1.14 bits per heavy atom. The average molecular weight is 405 g/mol. The summed E-state index contributed by atoms with van der Waals surface area (Å²) in [5.41, 5.74) is 0.926. The summed E-state index contributed by atoms with van der Waals surface area (Å²) in [4.78, 5) is 28.4. The third-order valence-electron chi connectivity index (χ3n) is 5.62. The van der Waals surface area contributed by atoms with Crippen LogP contribution in [0.15, 0.2) is 24.5 Å². The topological polar surface area (TPSA) is 110 Å². The minimum Gasteiger partial charge on any atom is -0.394 e. The third-order valence-corrected chi connectivity index (χ3v) is 5.62. The lowest BCUT2D eigenvalue weighted by atomic mass is 9.94. The van der Waals surface area contributed by atoms with E-state index in [4.69, 9.17) is 9.47 Å². The first-order chi connectivity index (χ1) is 14.2. The number of rotatable bonds is 8. The zero-order valence-electron chi connectivity index (χ0n) is 16.7. The van der Waals surface area contributed by atoms with Crippen molar-refractivity contribution >= 4 is 11.8 Å². The molecule has 0 bridgehead atoms. The summed E-state index contributed by atoms with van der Waals surface area (Å²) in [6.45, 7) is 1.63. The predicted octanol–water partition coefficient (Wildman–Crippen LogP) is 0.582. The molecule has 0 radical (unpaired) electrons. The van der Waals surface area contributed by atoms with Crippen molar-refractivity contribution in [2.75, 3.05) is 26.4 Å². The predicted molar refractivity (Wildman–Crippen MR) is 106 cm³/mol. The molecule has 3 N–H and O–H groups in total. The van der Waals surface area contributed by atoms with Gasteiger partial charge in [0, 0.05) is 38.1 Å². The summed E-state index contributed by atoms with van der Waals surface area (Å²) >= 11 is 0. The number of aliphatic hydroxyl groups excluding tert-OH is 1. The molecule has 1 aromatic rings. The maximum atomic E-state index is 12.5. The van der Waals surface area contributed by atoms with Gasteiger partial charge in [-0.05, 0) is 49.8 Å². The molecular weight excluding hydrogens is 374 g/mol. The van der Waals surface area contributed by atoms with Gasteiger partial charge >= 0.3 is 0 Å². The van der Waals surface area contributed by atoms with Gasteiger partial charge in [-0.1, -0.05) is 0 Å². The lowest BCUT2D eigenvalue weighted by Gasteiger charge is -2.37. The normalized spacial score (nSPS) is 25.3. The van der Waals surface area contributed by atoms with Crippen LogP contribution in [0.1, 0.15) is 37.7 Å². The number of carbonyl (C=O) groups excluding carboxylic acids is 2. The SMILES string of the molecule is O=C(Cc1ccncc1)NCC[C@@H]1CC[C@@H](NC(=O)C2CCOCC2)[C@@H](CO)O1. The summed E-state index contributed by atoms with van der Waals surface area (Å²) in [6, 6.07) is 3.47. The molecule has 0 aromatic carbocycles. The van der Waals surface area contributed by atoms with Crippen molar-refractivity contribution in [1.82, 2.24) is 15.6 Å². The van der Waals surface area contributed by atoms with Crippen LogP contribution in [0.4, 0.5) is 0 Å². The minimum absolute atomic E-state index is 0.0172. The largest absolute Gasteiger partial charge is 0.394 e. The van der Waals surface area contributed by atoms with E-state index in [1.54, 1.807) is 12.4 Å². The molecule has 3 rings (SSSR count). The molecule has 2 amide bonds. The fraction of sp³-hybridized carbons (Fsp3) is 0.667. The number of pyridine rings is 1. The van der Waals surface area contributed by atoms with E-state index in [0.29, 0.717) is 32.6 Å². The number of ether oxygens (including phenoxy) is 2. The van der Waals surface area contributed by atoms with Crippen LogP contribution in [-0.2, 0) is 25.5 Å². The number of amides is 2. The van der Waals surface area contributed by atoms with Crippen LogP contribution < -0.4 is 10.6 Å². The highest BCUT2D eigenvalue weighted by Gasteiger charge is 2.33. The molecule has 0 saturated carbocycles. The number of aliphatic hydroxyl groups is 1. The van der Waals surface area contributed by atoms with Crippen LogP contribution >= 0.6 is 0 Å². The number of nitrogens with zero attached hydrogens (tertiary/aromatic N) is 1. The molecule has 3 atom stereocenters. The Hall–Kier alpha value is -2.03. The first-order valence-electron chi connectivity index (χ1n) is 10.5. The van der Waals surface area contributed by atoms with Crippen molar-refractivity contribution in [1.29, 1.82) is 0 Å². The molecule has 1 aromatic heterocycles. The van der Waals surface area contributed by atoms with Crippen molar-refractivity contribution < 1.29 is 24.2 Å². The van der Waals surface area contributed by atoms with Crippen LogP contribution in [0.2, 0.25) is 0 Å². The quantitative estimate of drug-likeness (QED) is 0.584. The minimum atomic E-state index is -0.412. The fourth-order valence-corrected chi connectivity index (χ4v) is 3.89. The van der Waals surface area contributed by atoms with Gasteiger partial charge in [-0.3, -0.25) is 14.6 Å². The Labute approximate surface area is 171 Å². The van der Waals surface area contributed by atoms with Gasteiger partial charge < -0.3 is 25.2 Å². The Kier molecular flexibility index (Phi) is 8.39. The second-order valence-electron chi connectivity index (χ2n) is 7.73. The highest BCUT2D eigenvalue weighted by atomic mass is 16.5. The molecule has 2 saturated heterocycles. The third kappa shape index (κ3) is 6.76. The summed E-state index contributed by atoms with van der Waals surface area (Å²) in [6.07, 6.45) is 6.93. The molecule has 29 heavy (non-hydrogen) atoms. The van der Waals surface area contributed by atoms with E-state index in [2.05, 4.69) is 15.6 Å². The molecule has 0 unspecified atom stereocenters. The number of hydrogen-bond donors (Lipinski definition) is 3. The summed E-state index contributed by atoms with van der Waals surface area (Å²) in [5, 5.41) is 15.7. The molecule has 3 heterocycles. The van der Waals surface area contributed by atoms with Crippen LogP contribution in [0, 0.1) is 5.92 Å². The van der Waals surface area contributed by atoms with Gasteiger partial charge in [-0.2, -0.15) is 0 Å². The molecule has 2 aliphatic rings. The lowest BCUT2D eigenvalue weighted by Crippen LogP contribution is -2.52. The van der Waals surface area contributed by atoms with Gasteiger partial charge in [0.25, 0.3) is 0 Å². The van der Waals surface area contributed by atoms with Crippen molar-refractivity contribution in [2.45, 2.75) is 56.8 Å². The standard InChI is InChI=1S/C21H31N3O5/c25-14-19-18(24-21(27)16-6-11-28-12-7-16)2-1-17(29-19)5-10-23-20(26)13-15-3-8-22-9-4-15/h3-4,8-9,16-19,25H,1-2,5-7,10-14H2,(H,23,26)(H,24,27)/t17-,18+,19+/m0/s1. The molecule has 8 nitrogen and oxygen atoms in total. The maximum Gasteiger partial charge on any atom is 0.224 e. The zero-order valence-corrected chi connectivity index (χ0v) is 16.7. The molecule has 0 aliphatic carbocycles. The zero-order chi connectivity index (χ0) is 20.5. The Morgan fingerprint density at radius 2 is 1.90 bits per heavy atom. The summed E-state index contributed by atoms with van der Waals surface area (Å²) in [7, 11) is 0. The van der Waals surface area contributed by atoms with Gasteiger partial charge in [0.1, 0.15) is 6.10 Å². The van der Waals surface area contributed by atoms with Gasteiger partial charge in [-0.25, -0.2) is 0 Å². The molecule has 160 valence electrons. The van der Waals surface area contributed by atoms with Crippen molar-refractivity contribution in [3.05, 3.63) is 30.1 Å². The summed E-state index contributed by atoms with van der Waals surface area (Å²) in [5.74, 6) is -0.0223. The van der Waals surface area contributed by atoms with E-state index < -0.39 is 6.10 Å². The van der Waals surface area contributed by atoms with Gasteiger partial charge in [0.05, 0.1) is 25.2 Å². The van der Waals surface area contributed by atoms with Crippen LogP contribution in [0.5, 0.6) is 0 Å². The van der Waals surface area contributed by atoms with E-state index in [-0.39, 0.29) is 36.5 Å². The number of carbonyl (C=O) groups is 2. The van der Waals surface area contributed by atoms with Crippen molar-refractivity contribution in [3.8, 4) is 0 Å². The Bertz CT molecular complexity index is 651. The average Bonchev–Trinajstić information content (AvgIpc) is 2.76. The number of aromatic nitrogens is 1. The van der Waals surface area contributed by atoms with Gasteiger partial charge in [0.15, 0.2) is 0 Å². The van der Waals surface area contributed by atoms with Crippen molar-refractivity contribution in [2.24, 2.45) is 5.92 Å². The number of hydrogen-bond acceptors (Lipinski definition) is 6. The van der Waals surface area contributed by atoms with Crippen molar-refractivity contribution in [3.63, 3.8) is 0 Å². The Morgan fingerprint density at radius 3 is 2.62 bits per heavy atom. The van der Waals surface area contributed by atoms with E-state index in [9.17, 15) is 14.7 Å². The molecular formula is C21H31N3O5. The maximum absolute atomic E-state index is 12.5. The molecule has 2 aliphatic heterocycles. The van der Waals surface area contributed by atoms with Crippen LogP contribution in [-0.4, -0.2) is 66.5 Å². The first kappa shape index (κ1) is 21.7. The second-order valence-corrected chi connectivity index (χ2v) is 7.73. The summed E-state index contributed by atoms with van der Waals surface area (Å²) < 4.78 is 11.3. The van der Waals surface area contributed by atoms with Crippen LogP contribution in [0.3, 0.4) is 0 Å². The highest BCUT2D eigenvalue weighted by molar-refractivity contribution is 5.79. The molecule has 0 spiro atoms. The molecule has 8 heteroatoms. The number of nitrogens with one attached hydrogen (secondary N) is 2.